The largest absolute Gasteiger partial charge is 0.368 e. The number of carbonyl (C=O) groups is 1. The molecule has 0 aromatic carbocycles. The van der Waals surface area contributed by atoms with Crippen molar-refractivity contribution >= 4 is 11.7 Å². The summed E-state index contributed by atoms with van der Waals surface area (Å²) in [6.45, 7) is 8.41. The first-order valence-corrected chi connectivity index (χ1v) is 6.55. The average molecular weight is 267 g/mol. The second-order valence-corrected chi connectivity index (χ2v) is 4.95. The number of anilines is 1. The highest BCUT2D eigenvalue weighted by molar-refractivity contribution is 5.95. The van der Waals surface area contributed by atoms with Gasteiger partial charge in [0.05, 0.1) is 5.56 Å². The van der Waals surface area contributed by atoms with E-state index < -0.39 is 5.82 Å². The summed E-state index contributed by atoms with van der Waals surface area (Å²) in [5.74, 6) is -0.469. The van der Waals surface area contributed by atoms with Crippen LogP contribution in [0.2, 0.25) is 0 Å². The molecule has 19 heavy (non-hydrogen) atoms. The molecule has 0 saturated carbocycles. The van der Waals surface area contributed by atoms with Gasteiger partial charge in [-0.2, -0.15) is 0 Å². The summed E-state index contributed by atoms with van der Waals surface area (Å²) in [6.07, 6.45) is 1.45. The lowest BCUT2D eigenvalue weighted by molar-refractivity contribution is 0.0702. The fraction of sp³-hybridized carbons (Fsp3) is 0.571. The molecule has 0 saturated heterocycles. The first-order chi connectivity index (χ1) is 8.90. The zero-order chi connectivity index (χ0) is 14.6. The molecule has 1 aromatic rings. The first kappa shape index (κ1) is 15.4. The monoisotopic (exact) mass is 267 g/mol. The van der Waals surface area contributed by atoms with E-state index in [0.29, 0.717) is 12.5 Å². The van der Waals surface area contributed by atoms with Crippen molar-refractivity contribution in [3.8, 4) is 0 Å². The minimum Gasteiger partial charge on any atom is -0.368 e. The van der Waals surface area contributed by atoms with Crippen LogP contribution in [0.15, 0.2) is 12.3 Å². The van der Waals surface area contributed by atoms with Gasteiger partial charge in [-0.05, 0) is 25.8 Å². The van der Waals surface area contributed by atoms with Crippen molar-refractivity contribution in [1.29, 1.82) is 0 Å². The molecular weight excluding hydrogens is 245 g/mol. The Morgan fingerprint density at radius 2 is 2.11 bits per heavy atom. The van der Waals surface area contributed by atoms with Crippen molar-refractivity contribution in [1.82, 2.24) is 9.88 Å². The Kier molecular flexibility index (Phi) is 5.27. The molecule has 1 unspecified atom stereocenters. The van der Waals surface area contributed by atoms with E-state index in [-0.39, 0.29) is 23.3 Å². The van der Waals surface area contributed by atoms with Gasteiger partial charge < -0.3 is 10.2 Å². The van der Waals surface area contributed by atoms with Crippen LogP contribution in [0.1, 0.15) is 38.1 Å². The van der Waals surface area contributed by atoms with Crippen LogP contribution in [-0.2, 0) is 0 Å². The highest BCUT2D eigenvalue weighted by atomic mass is 19.1. The third-order valence-electron chi connectivity index (χ3n) is 3.36. The molecular formula is C14H22FN3O. The molecule has 106 valence electrons. The molecule has 0 aliphatic rings. The van der Waals surface area contributed by atoms with Crippen molar-refractivity contribution in [3.63, 3.8) is 0 Å². The Morgan fingerprint density at radius 3 is 2.63 bits per heavy atom. The van der Waals surface area contributed by atoms with E-state index in [9.17, 15) is 9.18 Å². The molecule has 1 heterocycles. The Balaban J connectivity index is 3.03. The molecule has 1 aromatic heterocycles. The molecule has 0 aliphatic heterocycles. The summed E-state index contributed by atoms with van der Waals surface area (Å²) in [4.78, 5) is 17.8. The van der Waals surface area contributed by atoms with Crippen LogP contribution >= 0.6 is 0 Å². The molecule has 0 radical (unpaired) electrons. The third kappa shape index (κ3) is 3.43. The number of carbonyl (C=O) groups excluding carboxylic acids is 1. The van der Waals surface area contributed by atoms with Gasteiger partial charge in [-0.1, -0.05) is 13.8 Å². The van der Waals surface area contributed by atoms with Gasteiger partial charge in [-0.3, -0.25) is 4.79 Å². The highest BCUT2D eigenvalue weighted by Crippen LogP contribution is 2.18. The molecule has 1 amide bonds. The quantitative estimate of drug-likeness (QED) is 0.892. The van der Waals surface area contributed by atoms with Crippen molar-refractivity contribution < 1.29 is 9.18 Å². The van der Waals surface area contributed by atoms with Crippen LogP contribution in [0.5, 0.6) is 0 Å². The number of halogens is 1. The number of amides is 1. The van der Waals surface area contributed by atoms with Crippen LogP contribution in [-0.4, -0.2) is 35.4 Å². The van der Waals surface area contributed by atoms with Crippen LogP contribution < -0.4 is 5.32 Å². The van der Waals surface area contributed by atoms with E-state index in [1.165, 1.54) is 12.3 Å². The van der Waals surface area contributed by atoms with Gasteiger partial charge >= 0.3 is 0 Å². The number of pyridine rings is 1. The summed E-state index contributed by atoms with van der Waals surface area (Å²) < 4.78 is 14.2. The van der Waals surface area contributed by atoms with Gasteiger partial charge in [0.25, 0.3) is 5.91 Å². The fourth-order valence-electron chi connectivity index (χ4n) is 1.72. The fourth-order valence-corrected chi connectivity index (χ4v) is 1.72. The number of hydrogen-bond donors (Lipinski definition) is 1. The van der Waals surface area contributed by atoms with Gasteiger partial charge in [0.15, 0.2) is 11.6 Å². The van der Waals surface area contributed by atoms with E-state index in [0.717, 1.165) is 0 Å². The molecule has 1 N–H and O–H groups in total. The predicted octanol–water partition coefficient (Wildman–Crippen LogP) is 2.77. The van der Waals surface area contributed by atoms with Crippen molar-refractivity contribution in [2.45, 2.75) is 33.7 Å². The number of nitrogens with zero attached hydrogens (tertiary/aromatic N) is 2. The summed E-state index contributed by atoms with van der Waals surface area (Å²) in [6, 6.07) is 1.46. The van der Waals surface area contributed by atoms with Gasteiger partial charge in [-0.25, -0.2) is 9.37 Å². The van der Waals surface area contributed by atoms with E-state index in [1.54, 1.807) is 11.9 Å². The number of nitrogens with one attached hydrogen (secondary N) is 1. The highest BCUT2D eigenvalue weighted by Gasteiger charge is 2.23. The smallest absolute Gasteiger partial charge is 0.257 e. The molecule has 5 heteroatoms. The standard InChI is InChI=1S/C14H22FN3O/c1-6-16-13-12(15)11(7-8-17-13)14(19)18(5)10(4)9(2)3/h7-10H,6H2,1-5H3,(H,16,17). The van der Waals surface area contributed by atoms with E-state index in [2.05, 4.69) is 10.3 Å². The maximum atomic E-state index is 14.2. The molecule has 0 aliphatic carbocycles. The lowest BCUT2D eigenvalue weighted by Crippen LogP contribution is -2.38. The minimum atomic E-state index is -0.586. The molecule has 1 rings (SSSR count). The van der Waals surface area contributed by atoms with E-state index in [1.807, 2.05) is 27.7 Å². The second kappa shape index (κ2) is 6.50. The average Bonchev–Trinajstić information content (AvgIpc) is 2.38. The third-order valence-corrected chi connectivity index (χ3v) is 3.36. The zero-order valence-electron chi connectivity index (χ0n) is 12.2. The van der Waals surface area contributed by atoms with Gasteiger partial charge in [0, 0.05) is 25.8 Å². The normalized spacial score (nSPS) is 12.4. The zero-order valence-corrected chi connectivity index (χ0v) is 12.2. The van der Waals surface area contributed by atoms with Crippen molar-refractivity contribution in [2.24, 2.45) is 5.92 Å². The van der Waals surface area contributed by atoms with Crippen LogP contribution in [0.25, 0.3) is 0 Å². The van der Waals surface area contributed by atoms with Crippen molar-refractivity contribution in [2.75, 3.05) is 18.9 Å². The molecule has 1 atom stereocenters. The van der Waals surface area contributed by atoms with Crippen LogP contribution in [0, 0.1) is 11.7 Å². The Hall–Kier alpha value is -1.65. The molecule has 0 spiro atoms. The van der Waals surface area contributed by atoms with Crippen LogP contribution in [0.3, 0.4) is 0 Å². The summed E-state index contributed by atoms with van der Waals surface area (Å²) in [7, 11) is 1.69. The second-order valence-electron chi connectivity index (χ2n) is 4.95. The maximum absolute atomic E-state index is 14.2. The number of aromatic nitrogens is 1. The molecule has 0 fully saturated rings. The van der Waals surface area contributed by atoms with Crippen LogP contribution in [0.4, 0.5) is 10.2 Å². The van der Waals surface area contributed by atoms with Crippen molar-refractivity contribution in [3.05, 3.63) is 23.6 Å². The lowest BCUT2D eigenvalue weighted by Gasteiger charge is -2.28. The summed E-state index contributed by atoms with van der Waals surface area (Å²) in [5.41, 5.74) is 0.0564. The van der Waals surface area contributed by atoms with E-state index >= 15 is 0 Å². The van der Waals surface area contributed by atoms with Gasteiger partial charge in [0.1, 0.15) is 0 Å². The summed E-state index contributed by atoms with van der Waals surface area (Å²) in [5, 5.41) is 2.81. The SMILES string of the molecule is CCNc1nccc(C(=O)N(C)C(C)C(C)C)c1F. The number of hydrogen-bond acceptors (Lipinski definition) is 3. The maximum Gasteiger partial charge on any atom is 0.257 e. The van der Waals surface area contributed by atoms with Gasteiger partial charge in [-0.15, -0.1) is 0 Å². The summed E-state index contributed by atoms with van der Waals surface area (Å²) >= 11 is 0. The Labute approximate surface area is 114 Å². The first-order valence-electron chi connectivity index (χ1n) is 6.55. The minimum absolute atomic E-state index is 0.0441. The van der Waals surface area contributed by atoms with E-state index in [4.69, 9.17) is 0 Å². The Bertz CT molecular complexity index is 448. The van der Waals surface area contributed by atoms with Gasteiger partial charge in [0.2, 0.25) is 0 Å². The molecule has 0 bridgehead atoms. The predicted molar refractivity (Wildman–Crippen MR) is 74.8 cm³/mol. The number of rotatable bonds is 5. The topological polar surface area (TPSA) is 45.2 Å². The Morgan fingerprint density at radius 1 is 1.47 bits per heavy atom. The molecule has 4 nitrogen and oxygen atoms in total. The lowest BCUT2D eigenvalue weighted by atomic mass is 10.0.